The van der Waals surface area contributed by atoms with E-state index >= 15 is 0 Å². The number of rotatable bonds is 9. The van der Waals surface area contributed by atoms with Crippen molar-refractivity contribution >= 4 is 15.9 Å². The lowest BCUT2D eigenvalue weighted by Crippen LogP contribution is -2.30. The summed E-state index contributed by atoms with van der Waals surface area (Å²) in [6, 6.07) is 16.3. The van der Waals surface area contributed by atoms with Crippen LogP contribution in [0.15, 0.2) is 59.5 Å². The van der Waals surface area contributed by atoms with Gasteiger partial charge in [0.15, 0.2) is 0 Å². The van der Waals surface area contributed by atoms with Crippen LogP contribution in [-0.2, 0) is 10.0 Å². The summed E-state index contributed by atoms with van der Waals surface area (Å²) in [6.07, 6.45) is 0.837. The molecule has 0 spiro atoms. The van der Waals surface area contributed by atoms with Crippen molar-refractivity contribution in [1.29, 1.82) is 0 Å². The van der Waals surface area contributed by atoms with E-state index in [1.807, 2.05) is 18.2 Å². The summed E-state index contributed by atoms with van der Waals surface area (Å²) < 4.78 is 26.4. The molecule has 2 rings (SSSR count). The van der Waals surface area contributed by atoms with Gasteiger partial charge in [-0.25, -0.2) is 8.42 Å². The molecule has 0 saturated carbocycles. The van der Waals surface area contributed by atoms with Gasteiger partial charge in [0.05, 0.1) is 4.90 Å². The Bertz CT molecular complexity index is 829. The van der Waals surface area contributed by atoms with Crippen molar-refractivity contribution in [3.05, 3.63) is 65.7 Å². The summed E-state index contributed by atoms with van der Waals surface area (Å²) in [4.78, 5) is 12.5. The first kappa shape index (κ1) is 21.1. The van der Waals surface area contributed by atoms with Gasteiger partial charge < -0.3 is 5.32 Å². The number of sulfonamides is 1. The van der Waals surface area contributed by atoms with Gasteiger partial charge in [-0.1, -0.05) is 51.1 Å². The number of carbonyl (C=O) groups is 1. The quantitative estimate of drug-likeness (QED) is 0.713. The first-order valence-corrected chi connectivity index (χ1v) is 10.8. The van der Waals surface area contributed by atoms with Crippen molar-refractivity contribution in [1.82, 2.24) is 9.62 Å². The van der Waals surface area contributed by atoms with Crippen molar-refractivity contribution in [2.45, 2.75) is 38.0 Å². The van der Waals surface area contributed by atoms with Crippen molar-refractivity contribution in [2.75, 3.05) is 19.6 Å². The lowest BCUT2D eigenvalue weighted by molar-refractivity contribution is 0.0952. The number of hydrogen-bond donors (Lipinski definition) is 1. The molecule has 27 heavy (non-hydrogen) atoms. The lowest BCUT2D eigenvalue weighted by atomic mass is 9.98. The predicted molar refractivity (Wildman–Crippen MR) is 108 cm³/mol. The summed E-state index contributed by atoms with van der Waals surface area (Å²) in [6.45, 7) is 7.14. The second-order valence-corrected chi connectivity index (χ2v) is 8.41. The first-order valence-electron chi connectivity index (χ1n) is 9.33. The molecule has 0 radical (unpaired) electrons. The first-order chi connectivity index (χ1) is 12.9. The highest BCUT2D eigenvalue weighted by Crippen LogP contribution is 2.18. The highest BCUT2D eigenvalue weighted by Gasteiger charge is 2.21. The molecular weight excluding hydrogens is 360 g/mol. The maximum atomic E-state index is 12.5. The molecule has 146 valence electrons. The fourth-order valence-corrected chi connectivity index (χ4v) is 4.40. The third kappa shape index (κ3) is 5.40. The van der Waals surface area contributed by atoms with Crippen LogP contribution in [0, 0.1) is 0 Å². The SMILES string of the molecule is CCN(CC)S(=O)(=O)c1ccc(C(=O)NCCC(C)c2ccccc2)cc1. The van der Waals surface area contributed by atoms with Gasteiger partial charge in [-0.15, -0.1) is 0 Å². The maximum absolute atomic E-state index is 12.5. The highest BCUT2D eigenvalue weighted by atomic mass is 32.2. The van der Waals surface area contributed by atoms with Gasteiger partial charge in [-0.3, -0.25) is 4.79 Å². The zero-order chi connectivity index (χ0) is 19.9. The van der Waals surface area contributed by atoms with E-state index < -0.39 is 10.0 Å². The van der Waals surface area contributed by atoms with Crippen LogP contribution in [0.5, 0.6) is 0 Å². The largest absolute Gasteiger partial charge is 0.352 e. The van der Waals surface area contributed by atoms with Crippen LogP contribution >= 0.6 is 0 Å². The lowest BCUT2D eigenvalue weighted by Gasteiger charge is -2.18. The minimum absolute atomic E-state index is 0.193. The summed E-state index contributed by atoms with van der Waals surface area (Å²) >= 11 is 0. The molecule has 0 bridgehead atoms. The third-order valence-electron chi connectivity index (χ3n) is 4.69. The molecule has 5 nitrogen and oxygen atoms in total. The Morgan fingerprint density at radius 1 is 1.00 bits per heavy atom. The van der Waals surface area contributed by atoms with Gasteiger partial charge in [0.25, 0.3) is 5.91 Å². The molecule has 2 aromatic rings. The summed E-state index contributed by atoms with van der Waals surface area (Å²) in [5.41, 5.74) is 1.71. The second-order valence-electron chi connectivity index (χ2n) is 6.47. The molecule has 0 aromatic heterocycles. The van der Waals surface area contributed by atoms with Crippen molar-refractivity contribution in [3.63, 3.8) is 0 Å². The van der Waals surface area contributed by atoms with Crippen LogP contribution in [-0.4, -0.2) is 38.3 Å². The zero-order valence-electron chi connectivity index (χ0n) is 16.2. The zero-order valence-corrected chi connectivity index (χ0v) is 17.0. The molecule has 0 fully saturated rings. The molecular formula is C21H28N2O3S. The molecule has 0 aliphatic rings. The van der Waals surface area contributed by atoms with E-state index in [4.69, 9.17) is 0 Å². The minimum atomic E-state index is -3.50. The number of nitrogens with zero attached hydrogens (tertiary/aromatic N) is 1. The normalized spacial score (nSPS) is 12.7. The van der Waals surface area contributed by atoms with Crippen LogP contribution in [0.25, 0.3) is 0 Å². The molecule has 0 heterocycles. The second kappa shape index (κ2) is 9.67. The van der Waals surface area contributed by atoms with E-state index in [0.717, 1.165) is 6.42 Å². The topological polar surface area (TPSA) is 66.5 Å². The van der Waals surface area contributed by atoms with Crippen molar-refractivity contribution in [3.8, 4) is 0 Å². The molecule has 0 aliphatic carbocycles. The van der Waals surface area contributed by atoms with Crippen molar-refractivity contribution in [2.24, 2.45) is 0 Å². The van der Waals surface area contributed by atoms with Gasteiger partial charge in [-0.2, -0.15) is 4.31 Å². The smallest absolute Gasteiger partial charge is 0.251 e. The Morgan fingerprint density at radius 2 is 1.59 bits per heavy atom. The van der Waals surface area contributed by atoms with Crippen LogP contribution in [0.4, 0.5) is 0 Å². The standard InChI is InChI=1S/C21H28N2O3S/c1-4-23(5-2)27(25,26)20-13-11-19(12-14-20)21(24)22-16-15-17(3)18-9-7-6-8-10-18/h6-14,17H,4-5,15-16H2,1-3H3,(H,22,24). The molecule has 1 N–H and O–H groups in total. The average Bonchev–Trinajstić information content (AvgIpc) is 2.69. The van der Waals surface area contributed by atoms with Gasteiger partial charge >= 0.3 is 0 Å². The molecule has 2 aromatic carbocycles. The van der Waals surface area contributed by atoms with E-state index in [1.54, 1.807) is 26.0 Å². The maximum Gasteiger partial charge on any atom is 0.251 e. The number of nitrogens with one attached hydrogen (secondary N) is 1. The third-order valence-corrected chi connectivity index (χ3v) is 6.76. The fraction of sp³-hybridized carbons (Fsp3) is 0.381. The number of benzene rings is 2. The van der Waals surface area contributed by atoms with Crippen LogP contribution in [0.2, 0.25) is 0 Å². The van der Waals surface area contributed by atoms with Gasteiger partial charge in [-0.05, 0) is 42.2 Å². The predicted octanol–water partition coefficient (Wildman–Crippen LogP) is 3.64. The molecule has 0 aliphatic heterocycles. The number of amides is 1. The number of carbonyl (C=O) groups excluding carboxylic acids is 1. The Balaban J connectivity index is 1.94. The fourth-order valence-electron chi connectivity index (χ4n) is 2.94. The van der Waals surface area contributed by atoms with E-state index in [1.165, 1.54) is 22.0 Å². The minimum Gasteiger partial charge on any atom is -0.352 e. The average molecular weight is 389 g/mol. The number of hydrogen-bond acceptors (Lipinski definition) is 3. The molecule has 1 atom stereocenters. The summed E-state index contributed by atoms with van der Waals surface area (Å²) in [5.74, 6) is 0.162. The molecule has 0 saturated heterocycles. The summed E-state index contributed by atoms with van der Waals surface area (Å²) in [5, 5.41) is 2.90. The Morgan fingerprint density at radius 3 is 2.15 bits per heavy atom. The van der Waals surface area contributed by atoms with E-state index in [2.05, 4.69) is 24.4 Å². The van der Waals surface area contributed by atoms with Crippen LogP contribution in [0.1, 0.15) is 49.0 Å². The van der Waals surface area contributed by atoms with Gasteiger partial charge in [0, 0.05) is 25.2 Å². The van der Waals surface area contributed by atoms with E-state index in [9.17, 15) is 13.2 Å². The Hall–Kier alpha value is -2.18. The summed E-state index contributed by atoms with van der Waals surface area (Å²) in [7, 11) is -3.50. The molecule has 6 heteroatoms. The Labute approximate surface area is 162 Å². The van der Waals surface area contributed by atoms with Gasteiger partial charge in [0.2, 0.25) is 10.0 Å². The molecule has 1 amide bonds. The highest BCUT2D eigenvalue weighted by molar-refractivity contribution is 7.89. The van der Waals surface area contributed by atoms with Crippen molar-refractivity contribution < 1.29 is 13.2 Å². The van der Waals surface area contributed by atoms with E-state index in [-0.39, 0.29) is 10.8 Å². The molecule has 1 unspecified atom stereocenters. The van der Waals surface area contributed by atoms with E-state index in [0.29, 0.717) is 31.1 Å². The van der Waals surface area contributed by atoms with Crippen LogP contribution < -0.4 is 5.32 Å². The van der Waals surface area contributed by atoms with Gasteiger partial charge in [0.1, 0.15) is 0 Å². The Kier molecular flexibility index (Phi) is 7.56. The van der Waals surface area contributed by atoms with Crippen LogP contribution in [0.3, 0.4) is 0 Å². The monoisotopic (exact) mass is 388 g/mol.